The molecule has 2 rings (SSSR count). The Hall–Kier alpha value is -0.0400. The molecule has 3 unspecified atom stereocenters. The standard InChI is InChI=1S/C11H22N/c1-10-6-5-9-12(2)8-4-3-7-11(10)12/h10-11H,3-9H2,1-2H3/q+1. The Labute approximate surface area is 76.3 Å². The van der Waals surface area contributed by atoms with E-state index in [1.165, 1.54) is 49.7 Å². The molecule has 2 fully saturated rings. The highest BCUT2D eigenvalue weighted by atomic mass is 15.4. The van der Waals surface area contributed by atoms with E-state index in [2.05, 4.69) is 14.0 Å². The molecule has 12 heavy (non-hydrogen) atoms. The quantitative estimate of drug-likeness (QED) is 0.487. The number of nitrogens with zero attached hydrogens (tertiary/aromatic N) is 1. The zero-order valence-electron chi connectivity index (χ0n) is 8.55. The van der Waals surface area contributed by atoms with Crippen LogP contribution >= 0.6 is 0 Å². The van der Waals surface area contributed by atoms with Crippen LogP contribution in [0.15, 0.2) is 0 Å². The van der Waals surface area contributed by atoms with Gasteiger partial charge in [-0.25, -0.2) is 0 Å². The van der Waals surface area contributed by atoms with E-state index in [0.29, 0.717) is 0 Å². The summed E-state index contributed by atoms with van der Waals surface area (Å²) in [6, 6.07) is 1.01. The summed E-state index contributed by atoms with van der Waals surface area (Å²) in [4.78, 5) is 0. The van der Waals surface area contributed by atoms with Crippen LogP contribution in [0, 0.1) is 5.92 Å². The Bertz CT molecular complexity index is 162. The van der Waals surface area contributed by atoms with Gasteiger partial charge < -0.3 is 4.48 Å². The molecule has 0 radical (unpaired) electrons. The molecule has 70 valence electrons. The van der Waals surface area contributed by atoms with E-state index in [1.807, 2.05) is 0 Å². The predicted octanol–water partition coefficient (Wildman–Crippen LogP) is 2.42. The molecule has 0 saturated carbocycles. The summed E-state index contributed by atoms with van der Waals surface area (Å²) in [7, 11) is 2.49. The average molecular weight is 168 g/mol. The van der Waals surface area contributed by atoms with Crippen LogP contribution in [0.2, 0.25) is 0 Å². The summed E-state index contributed by atoms with van der Waals surface area (Å²) < 4.78 is 1.40. The lowest BCUT2D eigenvalue weighted by atomic mass is 9.83. The molecule has 2 saturated heterocycles. The van der Waals surface area contributed by atoms with E-state index in [0.717, 1.165) is 12.0 Å². The van der Waals surface area contributed by atoms with Crippen molar-refractivity contribution < 1.29 is 4.48 Å². The van der Waals surface area contributed by atoms with Crippen LogP contribution in [0.4, 0.5) is 0 Å². The van der Waals surface area contributed by atoms with Gasteiger partial charge in [-0.05, 0) is 32.1 Å². The van der Waals surface area contributed by atoms with Crippen molar-refractivity contribution in [2.24, 2.45) is 5.92 Å². The van der Waals surface area contributed by atoms with Crippen molar-refractivity contribution >= 4 is 0 Å². The lowest BCUT2D eigenvalue weighted by Crippen LogP contribution is -2.60. The van der Waals surface area contributed by atoms with Gasteiger partial charge in [0.05, 0.1) is 26.2 Å². The monoisotopic (exact) mass is 168 g/mol. The van der Waals surface area contributed by atoms with Gasteiger partial charge in [-0.1, -0.05) is 6.92 Å². The van der Waals surface area contributed by atoms with Crippen molar-refractivity contribution in [2.45, 2.75) is 45.1 Å². The van der Waals surface area contributed by atoms with E-state index in [4.69, 9.17) is 0 Å². The molecule has 3 atom stereocenters. The normalized spacial score (nSPS) is 48.5. The van der Waals surface area contributed by atoms with Gasteiger partial charge in [0, 0.05) is 5.92 Å². The second-order valence-electron chi connectivity index (χ2n) is 5.11. The molecule has 0 aromatic heterocycles. The molecule has 0 aromatic carbocycles. The van der Waals surface area contributed by atoms with Gasteiger partial charge in [-0.15, -0.1) is 0 Å². The van der Waals surface area contributed by atoms with E-state index in [-0.39, 0.29) is 0 Å². The maximum absolute atomic E-state index is 2.49. The van der Waals surface area contributed by atoms with Crippen molar-refractivity contribution in [3.63, 3.8) is 0 Å². The molecular weight excluding hydrogens is 146 g/mol. The van der Waals surface area contributed by atoms with Gasteiger partial charge in [-0.3, -0.25) is 0 Å². The maximum Gasteiger partial charge on any atom is 0.0914 e. The Kier molecular flexibility index (Phi) is 2.16. The Morgan fingerprint density at radius 3 is 2.50 bits per heavy atom. The summed E-state index contributed by atoms with van der Waals surface area (Å²) in [5.74, 6) is 0.990. The van der Waals surface area contributed by atoms with Crippen LogP contribution in [0.5, 0.6) is 0 Å². The van der Waals surface area contributed by atoms with Crippen molar-refractivity contribution in [1.82, 2.24) is 0 Å². The minimum atomic E-state index is 0.990. The number of quaternary nitrogens is 1. The van der Waals surface area contributed by atoms with Crippen molar-refractivity contribution in [1.29, 1.82) is 0 Å². The third-order valence-corrected chi connectivity index (χ3v) is 4.20. The fourth-order valence-electron chi connectivity index (χ4n) is 3.45. The molecule has 2 aliphatic heterocycles. The number of rotatable bonds is 0. The third-order valence-electron chi connectivity index (χ3n) is 4.20. The second kappa shape index (κ2) is 3.02. The zero-order chi connectivity index (χ0) is 8.60. The van der Waals surface area contributed by atoms with Crippen molar-refractivity contribution in [3.8, 4) is 0 Å². The van der Waals surface area contributed by atoms with Gasteiger partial charge in [0.15, 0.2) is 0 Å². The summed E-state index contributed by atoms with van der Waals surface area (Å²) >= 11 is 0. The molecule has 0 bridgehead atoms. The molecule has 0 aliphatic carbocycles. The molecule has 0 N–H and O–H groups in total. The smallest absolute Gasteiger partial charge is 0.0914 e. The summed E-state index contributed by atoms with van der Waals surface area (Å²) in [5.41, 5.74) is 0. The first-order chi connectivity index (χ1) is 5.72. The van der Waals surface area contributed by atoms with Gasteiger partial charge in [-0.2, -0.15) is 0 Å². The molecule has 0 amide bonds. The van der Waals surface area contributed by atoms with E-state index in [1.54, 1.807) is 0 Å². The predicted molar refractivity (Wildman–Crippen MR) is 52.0 cm³/mol. The fourth-order valence-corrected chi connectivity index (χ4v) is 3.45. The minimum Gasteiger partial charge on any atom is -0.323 e. The van der Waals surface area contributed by atoms with Crippen LogP contribution in [-0.4, -0.2) is 30.7 Å². The third kappa shape index (κ3) is 1.28. The highest BCUT2D eigenvalue weighted by Gasteiger charge is 2.41. The maximum atomic E-state index is 2.49. The van der Waals surface area contributed by atoms with Gasteiger partial charge in [0.2, 0.25) is 0 Å². The van der Waals surface area contributed by atoms with Gasteiger partial charge in [0.25, 0.3) is 0 Å². The molecule has 2 aliphatic rings. The van der Waals surface area contributed by atoms with Crippen LogP contribution in [0.1, 0.15) is 39.0 Å². The lowest BCUT2D eigenvalue weighted by Gasteiger charge is -2.50. The molecule has 0 spiro atoms. The summed E-state index contributed by atoms with van der Waals surface area (Å²) in [6.45, 7) is 5.37. The van der Waals surface area contributed by atoms with Crippen molar-refractivity contribution in [2.75, 3.05) is 20.1 Å². The first kappa shape index (κ1) is 8.55. The van der Waals surface area contributed by atoms with Crippen LogP contribution in [0.3, 0.4) is 0 Å². The van der Waals surface area contributed by atoms with Gasteiger partial charge in [0.1, 0.15) is 0 Å². The summed E-state index contributed by atoms with van der Waals surface area (Å²) in [5, 5.41) is 0. The average Bonchev–Trinajstić information content (AvgIpc) is 2.04. The topological polar surface area (TPSA) is 0 Å². The SMILES string of the molecule is CC1CCC[N+]2(C)CCCCC12. The zero-order valence-corrected chi connectivity index (χ0v) is 8.55. The van der Waals surface area contributed by atoms with E-state index < -0.39 is 0 Å². The first-order valence-corrected chi connectivity index (χ1v) is 5.57. The highest BCUT2D eigenvalue weighted by Crippen LogP contribution is 2.35. The van der Waals surface area contributed by atoms with Crippen LogP contribution < -0.4 is 0 Å². The molecule has 1 nitrogen and oxygen atoms in total. The Morgan fingerprint density at radius 2 is 1.75 bits per heavy atom. The second-order valence-corrected chi connectivity index (χ2v) is 5.11. The Morgan fingerprint density at radius 1 is 1.00 bits per heavy atom. The van der Waals surface area contributed by atoms with E-state index >= 15 is 0 Å². The lowest BCUT2D eigenvalue weighted by molar-refractivity contribution is -0.946. The number of fused-ring (bicyclic) bond motifs is 1. The Balaban J connectivity index is 2.12. The van der Waals surface area contributed by atoms with Crippen molar-refractivity contribution in [3.05, 3.63) is 0 Å². The summed E-state index contributed by atoms with van der Waals surface area (Å²) in [6.07, 6.45) is 7.41. The first-order valence-electron chi connectivity index (χ1n) is 5.57. The molecule has 0 aromatic rings. The molecular formula is C11H22N+. The largest absolute Gasteiger partial charge is 0.323 e. The van der Waals surface area contributed by atoms with Crippen LogP contribution in [-0.2, 0) is 0 Å². The molecule has 1 heteroatoms. The van der Waals surface area contributed by atoms with E-state index in [9.17, 15) is 0 Å². The molecule has 2 heterocycles. The minimum absolute atomic E-state index is 0.990. The highest BCUT2D eigenvalue weighted by molar-refractivity contribution is 4.75. The van der Waals surface area contributed by atoms with Gasteiger partial charge >= 0.3 is 0 Å². The number of hydrogen-bond donors (Lipinski definition) is 0. The fraction of sp³-hybridized carbons (Fsp3) is 1.00. The van der Waals surface area contributed by atoms with Crippen LogP contribution in [0.25, 0.3) is 0 Å². The number of piperidine rings is 2. The number of hydrogen-bond acceptors (Lipinski definition) is 0.